The lowest BCUT2D eigenvalue weighted by atomic mass is 10.1. The molecule has 0 aliphatic carbocycles. The van der Waals surface area contributed by atoms with Crippen molar-refractivity contribution < 1.29 is 9.90 Å². The molecule has 0 radical (unpaired) electrons. The fourth-order valence-corrected chi connectivity index (χ4v) is 1.53. The number of nitrogens with zero attached hydrogens (tertiary/aromatic N) is 1. The Morgan fingerprint density at radius 3 is 2.94 bits per heavy atom. The monoisotopic (exact) mass is 246 g/mol. The molecule has 6 heteroatoms. The average Bonchev–Trinajstić information content (AvgIpc) is 2.80. The molecule has 2 rings (SSSR count). The highest BCUT2D eigenvalue weighted by molar-refractivity contribution is 6.07. The molecule has 6 nitrogen and oxygen atoms in total. The first kappa shape index (κ1) is 12.0. The number of aryl methyl sites for hydroxylation is 1. The van der Waals surface area contributed by atoms with Crippen LogP contribution in [0.5, 0.6) is 5.75 Å². The van der Waals surface area contributed by atoms with Crippen LogP contribution in [0.2, 0.25) is 0 Å². The van der Waals surface area contributed by atoms with Crippen LogP contribution in [-0.2, 0) is 6.42 Å². The van der Waals surface area contributed by atoms with Crippen molar-refractivity contribution in [2.24, 2.45) is 0 Å². The molecule has 18 heavy (non-hydrogen) atoms. The SMILES string of the molecule is CCc1cc(NC(=O)c2cc(O)ccc2N)n[nH]1. The second kappa shape index (κ2) is 4.79. The zero-order valence-corrected chi connectivity index (χ0v) is 9.90. The third kappa shape index (κ3) is 2.42. The Morgan fingerprint density at radius 2 is 2.28 bits per heavy atom. The van der Waals surface area contributed by atoms with E-state index in [0.29, 0.717) is 11.5 Å². The number of benzene rings is 1. The largest absolute Gasteiger partial charge is 0.508 e. The van der Waals surface area contributed by atoms with Crippen molar-refractivity contribution in [3.8, 4) is 5.75 Å². The van der Waals surface area contributed by atoms with Crippen molar-refractivity contribution in [2.75, 3.05) is 11.1 Å². The normalized spacial score (nSPS) is 10.3. The number of nitrogens with two attached hydrogens (primary N) is 1. The Bertz CT molecular complexity index is 577. The Morgan fingerprint density at radius 1 is 1.50 bits per heavy atom. The number of hydrogen-bond acceptors (Lipinski definition) is 4. The zero-order valence-electron chi connectivity index (χ0n) is 9.90. The summed E-state index contributed by atoms with van der Waals surface area (Å²) in [6.45, 7) is 1.98. The van der Waals surface area contributed by atoms with Gasteiger partial charge in [-0.25, -0.2) is 0 Å². The van der Waals surface area contributed by atoms with E-state index in [1.807, 2.05) is 6.92 Å². The summed E-state index contributed by atoms with van der Waals surface area (Å²) < 4.78 is 0. The minimum atomic E-state index is -0.405. The van der Waals surface area contributed by atoms with E-state index < -0.39 is 5.91 Å². The minimum absolute atomic E-state index is 0.00868. The van der Waals surface area contributed by atoms with Crippen molar-refractivity contribution in [1.29, 1.82) is 0 Å². The Kier molecular flexibility index (Phi) is 3.18. The molecule has 0 saturated heterocycles. The van der Waals surface area contributed by atoms with E-state index >= 15 is 0 Å². The van der Waals surface area contributed by atoms with E-state index in [2.05, 4.69) is 15.5 Å². The van der Waals surface area contributed by atoms with E-state index in [1.165, 1.54) is 18.2 Å². The van der Waals surface area contributed by atoms with Crippen LogP contribution in [0.4, 0.5) is 11.5 Å². The zero-order chi connectivity index (χ0) is 13.1. The highest BCUT2D eigenvalue weighted by atomic mass is 16.3. The van der Waals surface area contributed by atoms with Crippen LogP contribution >= 0.6 is 0 Å². The Labute approximate surface area is 104 Å². The molecule has 0 atom stereocenters. The third-order valence-corrected chi connectivity index (χ3v) is 2.53. The summed E-state index contributed by atoms with van der Waals surface area (Å²) in [4.78, 5) is 11.9. The number of rotatable bonds is 3. The molecule has 2 aromatic rings. The molecule has 1 heterocycles. The van der Waals surface area contributed by atoms with Crippen molar-refractivity contribution in [2.45, 2.75) is 13.3 Å². The number of nitrogens with one attached hydrogen (secondary N) is 2. The van der Waals surface area contributed by atoms with Gasteiger partial charge in [-0.3, -0.25) is 9.89 Å². The molecular formula is C12H14N4O2. The number of carbonyl (C=O) groups is 1. The fourth-order valence-electron chi connectivity index (χ4n) is 1.53. The smallest absolute Gasteiger partial charge is 0.259 e. The van der Waals surface area contributed by atoms with Crippen molar-refractivity contribution in [1.82, 2.24) is 10.2 Å². The number of phenolic OH excluding ortho intramolecular Hbond substituents is 1. The Hall–Kier alpha value is -2.50. The standard InChI is InChI=1S/C12H14N4O2/c1-2-7-5-11(16-15-7)14-12(18)9-6-8(17)3-4-10(9)13/h3-6,17H,2,13H2,1H3,(H2,14,15,16,18). The number of phenols is 1. The molecule has 0 fully saturated rings. The number of anilines is 2. The summed E-state index contributed by atoms with van der Waals surface area (Å²) in [6.07, 6.45) is 0.803. The van der Waals surface area contributed by atoms with Crippen LogP contribution < -0.4 is 11.1 Å². The maximum Gasteiger partial charge on any atom is 0.259 e. The molecule has 1 aromatic heterocycles. The quantitative estimate of drug-likeness (QED) is 0.486. The second-order valence-electron chi connectivity index (χ2n) is 3.86. The molecule has 1 amide bonds. The van der Waals surface area contributed by atoms with Gasteiger partial charge < -0.3 is 16.2 Å². The number of carbonyl (C=O) groups excluding carboxylic acids is 1. The van der Waals surface area contributed by atoms with Crippen LogP contribution in [-0.4, -0.2) is 21.2 Å². The summed E-state index contributed by atoms with van der Waals surface area (Å²) >= 11 is 0. The summed E-state index contributed by atoms with van der Waals surface area (Å²) in [6, 6.07) is 5.97. The Balaban J connectivity index is 2.19. The summed E-state index contributed by atoms with van der Waals surface area (Å²) in [5, 5.41) is 18.7. The van der Waals surface area contributed by atoms with E-state index in [0.717, 1.165) is 12.1 Å². The topological polar surface area (TPSA) is 104 Å². The van der Waals surface area contributed by atoms with Gasteiger partial charge in [-0.05, 0) is 24.6 Å². The van der Waals surface area contributed by atoms with Crippen LogP contribution in [0.25, 0.3) is 0 Å². The highest BCUT2D eigenvalue weighted by Crippen LogP contribution is 2.19. The average molecular weight is 246 g/mol. The molecule has 0 unspecified atom stereocenters. The summed E-state index contributed by atoms with van der Waals surface area (Å²) in [5.41, 5.74) is 7.12. The van der Waals surface area contributed by atoms with E-state index in [9.17, 15) is 9.90 Å². The van der Waals surface area contributed by atoms with E-state index in [1.54, 1.807) is 6.07 Å². The number of hydrogen-bond donors (Lipinski definition) is 4. The molecule has 0 aliphatic heterocycles. The number of aromatic amines is 1. The maximum absolute atomic E-state index is 11.9. The first-order valence-corrected chi connectivity index (χ1v) is 5.54. The van der Waals surface area contributed by atoms with Crippen molar-refractivity contribution >= 4 is 17.4 Å². The maximum atomic E-state index is 11.9. The van der Waals surface area contributed by atoms with Crippen LogP contribution in [0, 0.1) is 0 Å². The fraction of sp³-hybridized carbons (Fsp3) is 0.167. The van der Waals surface area contributed by atoms with Gasteiger partial charge in [0, 0.05) is 17.4 Å². The lowest BCUT2D eigenvalue weighted by Crippen LogP contribution is -2.14. The van der Waals surface area contributed by atoms with Gasteiger partial charge in [0.25, 0.3) is 5.91 Å². The van der Waals surface area contributed by atoms with Gasteiger partial charge in [-0.15, -0.1) is 0 Å². The first-order chi connectivity index (χ1) is 8.60. The lowest BCUT2D eigenvalue weighted by Gasteiger charge is -2.05. The summed E-state index contributed by atoms with van der Waals surface area (Å²) in [7, 11) is 0. The van der Waals surface area contributed by atoms with Gasteiger partial charge >= 0.3 is 0 Å². The molecule has 94 valence electrons. The summed E-state index contributed by atoms with van der Waals surface area (Å²) in [5.74, 6) is 0.0165. The predicted octanol–water partition coefficient (Wildman–Crippen LogP) is 1.51. The first-order valence-electron chi connectivity index (χ1n) is 5.54. The van der Waals surface area contributed by atoms with Crippen LogP contribution in [0.1, 0.15) is 23.0 Å². The van der Waals surface area contributed by atoms with Gasteiger partial charge in [-0.2, -0.15) is 5.10 Å². The molecular weight excluding hydrogens is 232 g/mol. The molecule has 0 aliphatic rings. The molecule has 0 spiro atoms. The van der Waals surface area contributed by atoms with Gasteiger partial charge in [0.2, 0.25) is 0 Å². The van der Waals surface area contributed by atoms with Gasteiger partial charge in [0.1, 0.15) is 5.75 Å². The minimum Gasteiger partial charge on any atom is -0.508 e. The van der Waals surface area contributed by atoms with Crippen LogP contribution in [0.3, 0.4) is 0 Å². The second-order valence-corrected chi connectivity index (χ2v) is 3.86. The lowest BCUT2D eigenvalue weighted by molar-refractivity contribution is 0.102. The molecule has 1 aromatic carbocycles. The van der Waals surface area contributed by atoms with Crippen LogP contribution in [0.15, 0.2) is 24.3 Å². The molecule has 5 N–H and O–H groups in total. The molecule has 0 saturated carbocycles. The number of aromatic nitrogens is 2. The van der Waals surface area contributed by atoms with E-state index in [4.69, 9.17) is 5.73 Å². The number of aromatic hydroxyl groups is 1. The van der Waals surface area contributed by atoms with Gasteiger partial charge in [0.15, 0.2) is 5.82 Å². The van der Waals surface area contributed by atoms with Crippen molar-refractivity contribution in [3.05, 3.63) is 35.5 Å². The molecule has 0 bridgehead atoms. The predicted molar refractivity (Wildman–Crippen MR) is 68.4 cm³/mol. The van der Waals surface area contributed by atoms with Gasteiger partial charge in [0.05, 0.1) is 5.56 Å². The number of nitrogen functional groups attached to an aromatic ring is 1. The highest BCUT2D eigenvalue weighted by Gasteiger charge is 2.12. The van der Waals surface area contributed by atoms with Crippen molar-refractivity contribution in [3.63, 3.8) is 0 Å². The third-order valence-electron chi connectivity index (χ3n) is 2.53. The number of H-pyrrole nitrogens is 1. The van der Waals surface area contributed by atoms with Gasteiger partial charge in [-0.1, -0.05) is 6.92 Å². The number of amides is 1. The van der Waals surface area contributed by atoms with E-state index in [-0.39, 0.29) is 11.3 Å².